The van der Waals surface area contributed by atoms with Gasteiger partial charge in [-0.3, -0.25) is 0 Å². The number of amides is 2. The number of carbonyl (C=O) groups excluding carboxylic acids is 2. The highest BCUT2D eigenvalue weighted by Gasteiger charge is 2.36. The van der Waals surface area contributed by atoms with Crippen molar-refractivity contribution in [1.82, 2.24) is 4.90 Å². The molecule has 0 saturated heterocycles. The number of hydrogen-bond donors (Lipinski definition) is 1. The topological polar surface area (TPSA) is 58.6 Å². The van der Waals surface area contributed by atoms with Crippen molar-refractivity contribution < 1.29 is 18.7 Å². The van der Waals surface area contributed by atoms with Gasteiger partial charge in [0.2, 0.25) is 0 Å². The first-order valence-corrected chi connectivity index (χ1v) is 12.0. The molecule has 33 heavy (non-hydrogen) atoms. The minimum absolute atomic E-state index is 0.294. The van der Waals surface area contributed by atoms with Crippen LogP contribution in [0.1, 0.15) is 55.7 Å². The summed E-state index contributed by atoms with van der Waals surface area (Å²) in [6.45, 7) is 0.546. The molecule has 1 atom stereocenters. The zero-order chi connectivity index (χ0) is 22.9. The second kappa shape index (κ2) is 8.98. The number of halogens is 1. The van der Waals surface area contributed by atoms with Crippen molar-refractivity contribution in [1.29, 1.82) is 0 Å². The molecule has 2 heterocycles. The van der Waals surface area contributed by atoms with E-state index in [4.69, 9.17) is 4.74 Å². The predicted octanol–water partition coefficient (Wildman–Crippen LogP) is 5.73. The standard InChI is InChI=1S/C26H25FN2O3S/c1-32-25(30)20-7-2-4-8-21(20)28-26(31)29-15-14-19-18-6-3-5-9-22(18)33-24(19)23(29)16-10-12-17(27)13-11-16/h2,4,7-8,10-13,23H,3,5-6,9,14-15H2,1H3,(H,28,31). The number of para-hydroxylation sites is 1. The summed E-state index contributed by atoms with van der Waals surface area (Å²) in [5, 5.41) is 2.92. The summed E-state index contributed by atoms with van der Waals surface area (Å²) in [6.07, 6.45) is 5.37. The van der Waals surface area contributed by atoms with Gasteiger partial charge in [0.25, 0.3) is 0 Å². The fraction of sp³-hybridized carbons (Fsp3) is 0.308. The number of benzene rings is 2. The third-order valence-corrected chi connectivity index (χ3v) is 7.88. The lowest BCUT2D eigenvalue weighted by atomic mass is 9.88. The summed E-state index contributed by atoms with van der Waals surface area (Å²) in [4.78, 5) is 30.1. The van der Waals surface area contributed by atoms with Gasteiger partial charge in [-0.05, 0) is 73.1 Å². The number of aryl methyl sites for hydroxylation is 1. The molecule has 1 aliphatic heterocycles. The number of fused-ring (bicyclic) bond motifs is 3. The SMILES string of the molecule is COC(=O)c1ccccc1NC(=O)N1CCc2c(sc3c2CCCC3)C1c1ccc(F)cc1. The van der Waals surface area contributed by atoms with E-state index in [1.54, 1.807) is 52.6 Å². The Kier molecular flexibility index (Phi) is 5.89. The normalized spacial score (nSPS) is 17.2. The molecule has 2 aromatic carbocycles. The summed E-state index contributed by atoms with van der Waals surface area (Å²) < 4.78 is 18.6. The largest absolute Gasteiger partial charge is 0.465 e. The van der Waals surface area contributed by atoms with Crippen molar-refractivity contribution in [2.75, 3.05) is 19.0 Å². The number of methoxy groups -OCH3 is 1. The smallest absolute Gasteiger partial charge is 0.339 e. The number of carbonyl (C=O) groups is 2. The molecule has 1 aliphatic carbocycles. The van der Waals surface area contributed by atoms with E-state index in [0.717, 1.165) is 24.8 Å². The maximum atomic E-state index is 13.7. The van der Waals surface area contributed by atoms with Gasteiger partial charge < -0.3 is 15.0 Å². The first-order chi connectivity index (χ1) is 16.1. The Labute approximate surface area is 196 Å². The molecule has 0 radical (unpaired) electrons. The molecular weight excluding hydrogens is 439 g/mol. The number of urea groups is 1. The van der Waals surface area contributed by atoms with Crippen LogP contribution in [-0.4, -0.2) is 30.6 Å². The quantitative estimate of drug-likeness (QED) is 0.504. The lowest BCUT2D eigenvalue weighted by molar-refractivity contribution is 0.0602. The molecule has 2 aliphatic rings. The minimum Gasteiger partial charge on any atom is -0.465 e. The average Bonchev–Trinajstić information content (AvgIpc) is 3.22. The van der Waals surface area contributed by atoms with Crippen LogP contribution in [-0.2, 0) is 24.0 Å². The lowest BCUT2D eigenvalue weighted by Gasteiger charge is -2.36. The average molecular weight is 465 g/mol. The van der Waals surface area contributed by atoms with Crippen LogP contribution in [0.3, 0.4) is 0 Å². The molecule has 5 rings (SSSR count). The van der Waals surface area contributed by atoms with E-state index in [0.29, 0.717) is 17.8 Å². The van der Waals surface area contributed by atoms with Crippen LogP contribution in [0, 0.1) is 5.82 Å². The number of nitrogens with zero attached hydrogens (tertiary/aromatic N) is 1. The van der Waals surface area contributed by atoms with Gasteiger partial charge in [0.15, 0.2) is 0 Å². The third-order valence-electron chi connectivity index (χ3n) is 6.50. The fourth-order valence-corrected chi connectivity index (χ4v) is 6.50. The van der Waals surface area contributed by atoms with Crippen LogP contribution in [0.5, 0.6) is 0 Å². The Morgan fingerprint density at radius 3 is 2.58 bits per heavy atom. The fourth-order valence-electron chi connectivity index (χ4n) is 4.91. The molecule has 1 N–H and O–H groups in total. The van der Waals surface area contributed by atoms with Crippen LogP contribution in [0.4, 0.5) is 14.9 Å². The molecule has 0 fully saturated rings. The molecule has 0 saturated carbocycles. The van der Waals surface area contributed by atoms with Crippen LogP contribution >= 0.6 is 11.3 Å². The number of hydrogen-bond acceptors (Lipinski definition) is 4. The molecule has 5 nitrogen and oxygen atoms in total. The lowest BCUT2D eigenvalue weighted by Crippen LogP contribution is -2.42. The van der Waals surface area contributed by atoms with E-state index in [2.05, 4.69) is 5.32 Å². The predicted molar refractivity (Wildman–Crippen MR) is 126 cm³/mol. The summed E-state index contributed by atoms with van der Waals surface area (Å²) in [5.74, 6) is -0.809. The second-order valence-electron chi connectivity index (χ2n) is 8.42. The minimum atomic E-state index is -0.507. The van der Waals surface area contributed by atoms with Gasteiger partial charge in [0, 0.05) is 16.3 Å². The molecule has 1 unspecified atom stereocenters. The van der Waals surface area contributed by atoms with Crippen LogP contribution in [0.2, 0.25) is 0 Å². The Balaban J connectivity index is 1.53. The van der Waals surface area contributed by atoms with Gasteiger partial charge in [0.1, 0.15) is 5.82 Å². The second-order valence-corrected chi connectivity index (χ2v) is 9.56. The van der Waals surface area contributed by atoms with E-state index >= 15 is 0 Å². The molecule has 3 aromatic rings. The van der Waals surface area contributed by atoms with E-state index in [-0.39, 0.29) is 17.9 Å². The molecular formula is C26H25FN2O3S. The zero-order valence-electron chi connectivity index (χ0n) is 18.4. The first-order valence-electron chi connectivity index (χ1n) is 11.2. The molecule has 2 amide bonds. The summed E-state index contributed by atoms with van der Waals surface area (Å²) in [7, 11) is 1.32. The van der Waals surface area contributed by atoms with Crippen molar-refractivity contribution in [3.05, 3.63) is 86.4 Å². The van der Waals surface area contributed by atoms with Crippen molar-refractivity contribution in [2.45, 2.75) is 38.1 Å². The third kappa shape index (κ3) is 4.02. The van der Waals surface area contributed by atoms with Gasteiger partial charge in [-0.15, -0.1) is 11.3 Å². The monoisotopic (exact) mass is 464 g/mol. The van der Waals surface area contributed by atoms with Crippen molar-refractivity contribution in [2.24, 2.45) is 0 Å². The van der Waals surface area contributed by atoms with Crippen molar-refractivity contribution >= 4 is 29.0 Å². The van der Waals surface area contributed by atoms with Crippen LogP contribution < -0.4 is 5.32 Å². The summed E-state index contributed by atoms with van der Waals surface area (Å²) >= 11 is 1.79. The number of anilines is 1. The first kappa shape index (κ1) is 21.6. The maximum Gasteiger partial charge on any atom is 0.339 e. The molecule has 0 spiro atoms. The number of ether oxygens (including phenoxy) is 1. The van der Waals surface area contributed by atoms with Gasteiger partial charge in [-0.25, -0.2) is 14.0 Å². The molecule has 0 bridgehead atoms. The van der Waals surface area contributed by atoms with Gasteiger partial charge in [0.05, 0.1) is 24.4 Å². The molecule has 1 aromatic heterocycles. The number of rotatable bonds is 3. The molecule has 7 heteroatoms. The van der Waals surface area contributed by atoms with E-state index in [1.807, 2.05) is 0 Å². The highest BCUT2D eigenvalue weighted by molar-refractivity contribution is 7.12. The Morgan fingerprint density at radius 1 is 1.03 bits per heavy atom. The Bertz CT molecular complexity index is 1200. The van der Waals surface area contributed by atoms with Gasteiger partial charge >= 0.3 is 12.0 Å². The maximum absolute atomic E-state index is 13.7. The van der Waals surface area contributed by atoms with E-state index < -0.39 is 5.97 Å². The summed E-state index contributed by atoms with van der Waals surface area (Å²) in [5.41, 5.74) is 4.42. The molecule has 170 valence electrons. The van der Waals surface area contributed by atoms with Crippen LogP contribution in [0.15, 0.2) is 48.5 Å². The number of esters is 1. The Hall–Kier alpha value is -3.19. The van der Waals surface area contributed by atoms with Gasteiger partial charge in [-0.2, -0.15) is 0 Å². The van der Waals surface area contributed by atoms with E-state index in [9.17, 15) is 14.0 Å². The highest BCUT2D eigenvalue weighted by Crippen LogP contribution is 2.45. The number of thiophene rings is 1. The highest BCUT2D eigenvalue weighted by atomic mass is 32.1. The van der Waals surface area contributed by atoms with Gasteiger partial charge in [-0.1, -0.05) is 24.3 Å². The zero-order valence-corrected chi connectivity index (χ0v) is 19.2. The van der Waals surface area contributed by atoms with E-state index in [1.165, 1.54) is 53.0 Å². The van der Waals surface area contributed by atoms with Crippen LogP contribution in [0.25, 0.3) is 0 Å². The van der Waals surface area contributed by atoms with Crippen molar-refractivity contribution in [3.8, 4) is 0 Å². The van der Waals surface area contributed by atoms with Crippen molar-refractivity contribution in [3.63, 3.8) is 0 Å². The summed E-state index contributed by atoms with van der Waals surface area (Å²) in [6, 6.07) is 12.6. The Morgan fingerprint density at radius 2 is 1.79 bits per heavy atom. The number of nitrogens with one attached hydrogen (secondary N) is 1.